The Hall–Kier alpha value is -6.92. The lowest BCUT2D eigenvalue weighted by Gasteiger charge is -2.15. The summed E-state index contributed by atoms with van der Waals surface area (Å²) in [5, 5.41) is 0. The van der Waals surface area contributed by atoms with Crippen molar-refractivity contribution in [1.29, 1.82) is 0 Å². The zero-order valence-corrected chi connectivity index (χ0v) is 28.3. The summed E-state index contributed by atoms with van der Waals surface area (Å²) < 4.78 is 3.56. The summed E-state index contributed by atoms with van der Waals surface area (Å²) in [5.41, 5.74) is 10.7. The second-order valence-corrected chi connectivity index (χ2v) is 12.8. The van der Waals surface area contributed by atoms with Crippen molar-refractivity contribution in [3.05, 3.63) is 198 Å². The van der Waals surface area contributed by atoms with Gasteiger partial charge in [-0.2, -0.15) is 0 Å². The molecular weight excluding hydrogens is 639 g/mol. The number of nitrogens with zero attached hydrogens (tertiary/aromatic N) is 5. The molecule has 0 bridgehead atoms. The predicted molar refractivity (Wildman–Crippen MR) is 210 cm³/mol. The summed E-state index contributed by atoms with van der Waals surface area (Å²) in [6.07, 6.45) is 6.11. The molecule has 0 N–H and O–H groups in total. The van der Waals surface area contributed by atoms with E-state index in [9.17, 15) is 4.79 Å². The van der Waals surface area contributed by atoms with Crippen LogP contribution in [0.2, 0.25) is 0 Å². The van der Waals surface area contributed by atoms with Gasteiger partial charge < -0.3 is 0 Å². The summed E-state index contributed by atoms with van der Waals surface area (Å²) in [6.45, 7) is 0. The Labute approximate surface area is 301 Å². The minimum absolute atomic E-state index is 0.111. The Balaban J connectivity index is 1.10. The van der Waals surface area contributed by atoms with Gasteiger partial charge in [0, 0.05) is 11.1 Å². The maximum Gasteiger partial charge on any atom is 0.338 e. The van der Waals surface area contributed by atoms with Gasteiger partial charge >= 0.3 is 5.69 Å². The van der Waals surface area contributed by atoms with Crippen LogP contribution in [0.25, 0.3) is 67.5 Å². The van der Waals surface area contributed by atoms with Crippen LogP contribution in [-0.2, 0) is 0 Å². The molecule has 0 atom stereocenters. The number of hydrogen-bond acceptors (Lipinski definition) is 4. The quantitative estimate of drug-likeness (QED) is 0.169. The molecule has 0 saturated heterocycles. The van der Waals surface area contributed by atoms with Gasteiger partial charge in [-0.25, -0.2) is 19.7 Å². The highest BCUT2D eigenvalue weighted by molar-refractivity contribution is 5.86. The molecule has 0 aliphatic heterocycles. The molecule has 2 heterocycles. The zero-order chi connectivity index (χ0) is 34.9. The Morgan fingerprint density at radius 2 is 0.827 bits per heavy atom. The van der Waals surface area contributed by atoms with Gasteiger partial charge in [-0.15, -0.1) is 0 Å². The zero-order valence-electron chi connectivity index (χ0n) is 28.3. The highest BCUT2D eigenvalue weighted by Crippen LogP contribution is 2.33. The average Bonchev–Trinajstić information content (AvgIpc) is 3.52. The van der Waals surface area contributed by atoms with Crippen LogP contribution in [0.3, 0.4) is 0 Å². The average molecular weight is 672 g/mol. The molecule has 1 aliphatic carbocycles. The van der Waals surface area contributed by atoms with Gasteiger partial charge in [-0.1, -0.05) is 140 Å². The number of allylic oxidation sites excluding steroid dienone is 4. The van der Waals surface area contributed by atoms with Crippen LogP contribution in [-0.4, -0.2) is 24.1 Å². The van der Waals surface area contributed by atoms with Gasteiger partial charge in [0.15, 0.2) is 17.5 Å². The predicted octanol–water partition coefficient (Wildman–Crippen LogP) is 10.2. The lowest BCUT2D eigenvalue weighted by molar-refractivity contribution is 0.931. The van der Waals surface area contributed by atoms with E-state index in [1.165, 1.54) is 11.1 Å². The van der Waals surface area contributed by atoms with Crippen LogP contribution in [0.5, 0.6) is 0 Å². The standard InChI is InChI=1S/C46H33N5O/c52-46-50(39-17-9-3-10-18-39)41-30-29-38(31-42(41)51(46)40-19-11-4-12-20-40)34-23-27-37(28-24-34)45-48-43(35-15-7-2-8-16-35)47-44(49-45)36-25-21-33(22-26-36)32-13-5-1-6-14-32/h1-21,23-25,27-31H,22,26H2. The van der Waals surface area contributed by atoms with E-state index >= 15 is 0 Å². The molecule has 0 saturated carbocycles. The van der Waals surface area contributed by atoms with E-state index in [1.54, 1.807) is 9.13 Å². The van der Waals surface area contributed by atoms with Crippen molar-refractivity contribution in [2.75, 3.05) is 0 Å². The number of benzene rings is 6. The summed E-state index contributed by atoms with van der Waals surface area (Å²) in [6, 6.07) is 54.7. The third kappa shape index (κ3) is 5.86. The van der Waals surface area contributed by atoms with Gasteiger partial charge in [-0.05, 0) is 77.1 Å². The normalized spacial score (nSPS) is 12.8. The number of fused-ring (bicyclic) bond motifs is 1. The van der Waals surface area contributed by atoms with E-state index in [1.807, 2.05) is 103 Å². The fraction of sp³-hybridized carbons (Fsp3) is 0.0435. The maximum absolute atomic E-state index is 14.0. The van der Waals surface area contributed by atoms with Crippen molar-refractivity contribution in [3.8, 4) is 45.3 Å². The molecule has 8 aromatic rings. The molecule has 248 valence electrons. The molecule has 0 radical (unpaired) electrons. The molecule has 52 heavy (non-hydrogen) atoms. The van der Waals surface area contributed by atoms with E-state index < -0.39 is 0 Å². The van der Waals surface area contributed by atoms with E-state index in [2.05, 4.69) is 72.8 Å². The monoisotopic (exact) mass is 671 g/mol. The number of para-hydroxylation sites is 2. The largest absolute Gasteiger partial charge is 0.338 e. The summed E-state index contributed by atoms with van der Waals surface area (Å²) >= 11 is 0. The van der Waals surface area contributed by atoms with E-state index in [0.717, 1.165) is 63.1 Å². The number of aromatic nitrogens is 5. The Morgan fingerprint density at radius 1 is 0.385 bits per heavy atom. The highest BCUT2D eigenvalue weighted by Gasteiger charge is 2.19. The fourth-order valence-corrected chi connectivity index (χ4v) is 6.92. The van der Waals surface area contributed by atoms with Crippen LogP contribution < -0.4 is 5.69 Å². The molecule has 6 aromatic carbocycles. The highest BCUT2D eigenvalue weighted by atomic mass is 16.1. The first-order valence-electron chi connectivity index (χ1n) is 17.5. The molecule has 6 heteroatoms. The SMILES string of the molecule is O=c1n(-c2ccccc2)c2ccc(-c3ccc(-c4nc(C5=CC=C(c6ccccc6)CC5)nc(-c5ccccc5)n4)cc3)cc2n1-c1ccccc1. The van der Waals surface area contributed by atoms with Gasteiger partial charge in [0.2, 0.25) is 0 Å². The lowest BCUT2D eigenvalue weighted by Crippen LogP contribution is -2.21. The van der Waals surface area contributed by atoms with Crippen molar-refractivity contribution in [3.63, 3.8) is 0 Å². The second kappa shape index (κ2) is 13.4. The van der Waals surface area contributed by atoms with Crippen LogP contribution in [0.4, 0.5) is 0 Å². The maximum atomic E-state index is 14.0. The molecule has 2 aromatic heterocycles. The van der Waals surface area contributed by atoms with Crippen LogP contribution >= 0.6 is 0 Å². The molecule has 9 rings (SSSR count). The fourth-order valence-electron chi connectivity index (χ4n) is 6.92. The topological polar surface area (TPSA) is 65.6 Å². The Kier molecular flexibility index (Phi) is 8.02. The van der Waals surface area contributed by atoms with E-state index in [4.69, 9.17) is 15.0 Å². The summed E-state index contributed by atoms with van der Waals surface area (Å²) in [7, 11) is 0. The molecule has 1 aliphatic rings. The Bertz CT molecular complexity index is 2660. The first-order chi connectivity index (χ1) is 25.7. The first-order valence-corrected chi connectivity index (χ1v) is 17.5. The van der Waals surface area contributed by atoms with Crippen molar-refractivity contribution >= 4 is 22.2 Å². The molecule has 6 nitrogen and oxygen atoms in total. The minimum Gasteiger partial charge on any atom is -0.260 e. The van der Waals surface area contributed by atoms with Gasteiger partial charge in [0.1, 0.15) is 0 Å². The summed E-state index contributed by atoms with van der Waals surface area (Å²) in [4.78, 5) is 28.9. The molecule has 0 fully saturated rings. The third-order valence-electron chi connectivity index (χ3n) is 9.59. The van der Waals surface area contributed by atoms with Crippen LogP contribution in [0.15, 0.2) is 181 Å². The Morgan fingerprint density at radius 3 is 1.40 bits per heavy atom. The van der Waals surface area contributed by atoms with Gasteiger partial charge in [0.05, 0.1) is 22.4 Å². The molecule has 0 unspecified atom stereocenters. The van der Waals surface area contributed by atoms with Crippen LogP contribution in [0, 0.1) is 0 Å². The number of hydrogen-bond donors (Lipinski definition) is 0. The number of rotatable bonds is 7. The van der Waals surface area contributed by atoms with Crippen LogP contribution in [0.1, 0.15) is 24.2 Å². The van der Waals surface area contributed by atoms with E-state index in [-0.39, 0.29) is 5.69 Å². The molecule has 0 amide bonds. The van der Waals surface area contributed by atoms with Crippen molar-refractivity contribution < 1.29 is 0 Å². The summed E-state index contributed by atoms with van der Waals surface area (Å²) in [5.74, 6) is 1.97. The lowest BCUT2D eigenvalue weighted by atomic mass is 9.93. The minimum atomic E-state index is -0.111. The number of imidazole rings is 1. The van der Waals surface area contributed by atoms with E-state index in [0.29, 0.717) is 17.5 Å². The molecular formula is C46H33N5O. The second-order valence-electron chi connectivity index (χ2n) is 12.8. The van der Waals surface area contributed by atoms with Gasteiger partial charge in [0.25, 0.3) is 0 Å². The van der Waals surface area contributed by atoms with Crippen molar-refractivity contribution in [2.45, 2.75) is 12.8 Å². The van der Waals surface area contributed by atoms with Gasteiger partial charge in [-0.3, -0.25) is 9.13 Å². The smallest absolute Gasteiger partial charge is 0.260 e. The van der Waals surface area contributed by atoms with Crippen molar-refractivity contribution in [1.82, 2.24) is 24.1 Å². The first kappa shape index (κ1) is 31.1. The third-order valence-corrected chi connectivity index (χ3v) is 9.59. The van der Waals surface area contributed by atoms with Crippen molar-refractivity contribution in [2.24, 2.45) is 0 Å². The molecule has 0 spiro atoms.